The number of anilines is 1. The number of likely N-dealkylation sites (tertiary alicyclic amines) is 1. The molecule has 30 heavy (non-hydrogen) atoms. The van der Waals surface area contributed by atoms with Gasteiger partial charge in [0.1, 0.15) is 5.60 Å². The van der Waals surface area contributed by atoms with E-state index in [-0.39, 0.29) is 18.7 Å². The van der Waals surface area contributed by atoms with Gasteiger partial charge in [-0.3, -0.25) is 9.00 Å². The molecule has 1 heterocycles. The summed E-state index contributed by atoms with van der Waals surface area (Å²) in [7, 11) is 1.46. The van der Waals surface area contributed by atoms with Crippen molar-refractivity contribution in [3.8, 4) is 0 Å². The molecule has 0 aromatic heterocycles. The van der Waals surface area contributed by atoms with Crippen molar-refractivity contribution in [1.29, 1.82) is 0 Å². The molecule has 0 aliphatic carbocycles. The fraction of sp³-hybridized carbons (Fsp3) is 0.619. The molecule has 1 amide bonds. The molecule has 0 bridgehead atoms. The lowest BCUT2D eigenvalue weighted by Crippen LogP contribution is -2.49. The van der Waals surface area contributed by atoms with Crippen molar-refractivity contribution in [2.24, 2.45) is 5.41 Å². The van der Waals surface area contributed by atoms with Crippen molar-refractivity contribution < 1.29 is 27.8 Å². The van der Waals surface area contributed by atoms with Crippen LogP contribution in [0.4, 0.5) is 10.5 Å². The molecule has 168 valence electrons. The van der Waals surface area contributed by atoms with Crippen LogP contribution in [-0.2, 0) is 32.0 Å². The van der Waals surface area contributed by atoms with Crippen molar-refractivity contribution in [2.45, 2.75) is 52.6 Å². The topological polar surface area (TPSA) is 99.2 Å². The van der Waals surface area contributed by atoms with Gasteiger partial charge in [0.05, 0.1) is 12.0 Å². The Morgan fingerprint density at radius 2 is 1.90 bits per heavy atom. The Hall–Kier alpha value is -2.13. The largest absolute Gasteiger partial charge is 0.755 e. The van der Waals surface area contributed by atoms with Crippen LogP contribution in [-0.4, -0.2) is 58.1 Å². The molecule has 2 rings (SSSR count). The third-order valence-electron chi connectivity index (χ3n) is 5.12. The molecule has 0 spiro atoms. The van der Waals surface area contributed by atoms with Crippen molar-refractivity contribution in [3.05, 3.63) is 29.8 Å². The van der Waals surface area contributed by atoms with Crippen LogP contribution in [0.15, 0.2) is 24.3 Å². The number of amides is 1. The van der Waals surface area contributed by atoms with Crippen LogP contribution in [0.25, 0.3) is 0 Å². The van der Waals surface area contributed by atoms with Gasteiger partial charge in [0.15, 0.2) is 0 Å². The van der Waals surface area contributed by atoms with Crippen LogP contribution in [0, 0.1) is 5.41 Å². The molecule has 0 N–H and O–H groups in total. The summed E-state index contributed by atoms with van der Waals surface area (Å²) in [6.45, 7) is 8.26. The maximum Gasteiger partial charge on any atom is 0.410 e. The number of esters is 1. The summed E-state index contributed by atoms with van der Waals surface area (Å²) in [6.07, 6.45) is 0.903. The number of hydrogen-bond donors (Lipinski definition) is 0. The number of carbonyl (C=O) groups excluding carboxylic acids is 2. The zero-order chi connectivity index (χ0) is 22.5. The average molecular weight is 440 g/mol. The zero-order valence-electron chi connectivity index (χ0n) is 18.3. The lowest BCUT2D eigenvalue weighted by Gasteiger charge is -2.40. The molecule has 1 aliphatic heterocycles. The SMILES string of the molecule is CCOC(=O)C1(Cc2cccc(N(C)S(=O)[O-])c2)CCN(C(=O)OC(C)(C)C)CC1. The second kappa shape index (κ2) is 9.78. The second-order valence-electron chi connectivity index (χ2n) is 8.53. The Morgan fingerprint density at radius 1 is 1.27 bits per heavy atom. The van der Waals surface area contributed by atoms with Crippen molar-refractivity contribution in [2.75, 3.05) is 31.0 Å². The van der Waals surface area contributed by atoms with E-state index in [0.717, 1.165) is 9.87 Å². The van der Waals surface area contributed by atoms with E-state index in [2.05, 4.69) is 0 Å². The lowest BCUT2D eigenvalue weighted by atomic mass is 9.73. The van der Waals surface area contributed by atoms with Gasteiger partial charge < -0.3 is 23.2 Å². The molecule has 8 nitrogen and oxygen atoms in total. The maximum atomic E-state index is 12.9. The maximum absolute atomic E-state index is 12.9. The zero-order valence-corrected chi connectivity index (χ0v) is 19.1. The minimum Gasteiger partial charge on any atom is -0.755 e. The third-order valence-corrected chi connectivity index (χ3v) is 5.78. The first-order valence-electron chi connectivity index (χ1n) is 10.0. The van der Waals surface area contributed by atoms with E-state index in [1.165, 1.54) is 7.05 Å². The first-order valence-corrected chi connectivity index (χ1v) is 11.1. The summed E-state index contributed by atoms with van der Waals surface area (Å²) in [5.41, 5.74) is -0.00181. The Labute approximate surface area is 180 Å². The first kappa shape index (κ1) is 24.1. The fourth-order valence-electron chi connectivity index (χ4n) is 3.52. The highest BCUT2D eigenvalue weighted by molar-refractivity contribution is 7.80. The first-order chi connectivity index (χ1) is 14.0. The third kappa shape index (κ3) is 6.18. The predicted molar refractivity (Wildman–Crippen MR) is 114 cm³/mol. The van der Waals surface area contributed by atoms with Crippen LogP contribution < -0.4 is 4.31 Å². The summed E-state index contributed by atoms with van der Waals surface area (Å²) in [5.74, 6) is -0.292. The standard InChI is InChI=1S/C21H32N2O6S/c1-6-28-18(24)21(10-12-23(13-11-21)19(25)29-20(2,3)4)15-16-8-7-9-17(14-16)22(5)30(26)27/h7-9,14H,6,10-13,15H2,1-5H3,(H,26,27)/p-1. The van der Waals surface area contributed by atoms with E-state index in [9.17, 15) is 18.4 Å². The highest BCUT2D eigenvalue weighted by Gasteiger charge is 2.44. The number of rotatable bonds is 6. The number of benzene rings is 1. The average Bonchev–Trinajstić information content (AvgIpc) is 2.66. The molecule has 1 aromatic rings. The molecule has 0 saturated carbocycles. The van der Waals surface area contributed by atoms with E-state index in [4.69, 9.17) is 9.47 Å². The minimum absolute atomic E-state index is 0.272. The minimum atomic E-state index is -2.38. The summed E-state index contributed by atoms with van der Waals surface area (Å²) in [4.78, 5) is 26.9. The van der Waals surface area contributed by atoms with E-state index >= 15 is 0 Å². The Morgan fingerprint density at radius 3 is 2.43 bits per heavy atom. The molecule has 9 heteroatoms. The Kier molecular flexibility index (Phi) is 7.87. The van der Waals surface area contributed by atoms with Crippen LogP contribution in [0.1, 0.15) is 46.1 Å². The van der Waals surface area contributed by atoms with Gasteiger partial charge in [0, 0.05) is 37.1 Å². The van der Waals surface area contributed by atoms with Crippen molar-refractivity contribution in [1.82, 2.24) is 4.90 Å². The molecule has 1 atom stereocenters. The number of hydrogen-bond acceptors (Lipinski definition) is 6. The quantitative estimate of drug-likeness (QED) is 0.499. The van der Waals surface area contributed by atoms with Gasteiger partial charge in [-0.25, -0.2) is 4.79 Å². The molecule has 1 saturated heterocycles. The molecule has 1 aromatic carbocycles. The summed E-state index contributed by atoms with van der Waals surface area (Å²) < 4.78 is 34.5. The highest BCUT2D eigenvalue weighted by atomic mass is 32.2. The highest BCUT2D eigenvalue weighted by Crippen LogP contribution is 2.37. The monoisotopic (exact) mass is 439 g/mol. The van der Waals surface area contributed by atoms with Crippen LogP contribution >= 0.6 is 0 Å². The molecular formula is C21H31N2O6S-. The molecular weight excluding hydrogens is 408 g/mol. The number of piperidine rings is 1. The van der Waals surface area contributed by atoms with Gasteiger partial charge in [-0.1, -0.05) is 12.1 Å². The smallest absolute Gasteiger partial charge is 0.410 e. The van der Waals surface area contributed by atoms with Gasteiger partial charge in [0.2, 0.25) is 0 Å². The van der Waals surface area contributed by atoms with E-state index < -0.39 is 22.3 Å². The van der Waals surface area contributed by atoms with Gasteiger partial charge in [-0.15, -0.1) is 0 Å². The van der Waals surface area contributed by atoms with Crippen LogP contribution in [0.5, 0.6) is 0 Å². The van der Waals surface area contributed by atoms with Crippen molar-refractivity contribution in [3.63, 3.8) is 0 Å². The Balaban J connectivity index is 2.20. The van der Waals surface area contributed by atoms with Crippen LogP contribution in [0.3, 0.4) is 0 Å². The van der Waals surface area contributed by atoms with Gasteiger partial charge in [-0.05, 0) is 64.7 Å². The lowest BCUT2D eigenvalue weighted by molar-refractivity contribution is -0.158. The molecule has 1 fully saturated rings. The van der Waals surface area contributed by atoms with Gasteiger partial charge >= 0.3 is 12.1 Å². The normalized spacial score (nSPS) is 17.2. The van der Waals surface area contributed by atoms with E-state index in [1.54, 1.807) is 30.0 Å². The number of ether oxygens (including phenoxy) is 2. The predicted octanol–water partition coefficient (Wildman–Crippen LogP) is 3.04. The van der Waals surface area contributed by atoms with Crippen molar-refractivity contribution >= 4 is 29.0 Å². The summed E-state index contributed by atoms with van der Waals surface area (Å²) in [5, 5.41) is 0. The fourth-order valence-corrected chi connectivity index (χ4v) is 3.81. The number of carbonyl (C=O) groups is 2. The molecule has 1 aliphatic rings. The Bertz CT molecular complexity index is 784. The molecule has 0 radical (unpaired) electrons. The summed E-state index contributed by atoms with van der Waals surface area (Å²) in [6, 6.07) is 7.09. The van der Waals surface area contributed by atoms with E-state index in [0.29, 0.717) is 38.0 Å². The molecule has 1 unspecified atom stereocenters. The summed E-state index contributed by atoms with van der Waals surface area (Å²) >= 11 is -2.38. The van der Waals surface area contributed by atoms with Gasteiger partial charge in [-0.2, -0.15) is 0 Å². The van der Waals surface area contributed by atoms with Crippen LogP contribution in [0.2, 0.25) is 0 Å². The number of nitrogens with zero attached hydrogens (tertiary/aromatic N) is 2. The second-order valence-corrected chi connectivity index (χ2v) is 9.51. The van der Waals surface area contributed by atoms with E-state index in [1.807, 2.05) is 26.8 Å². The van der Waals surface area contributed by atoms with Gasteiger partial charge in [0.25, 0.3) is 0 Å².